The van der Waals surface area contributed by atoms with Gasteiger partial charge in [-0.05, 0) is 49.9 Å². The molecule has 30 heavy (non-hydrogen) atoms. The number of hydrogen-bond donors (Lipinski definition) is 2. The largest absolute Gasteiger partial charge is 0.508 e. The number of esters is 1. The fourth-order valence-corrected chi connectivity index (χ4v) is 3.20. The number of hydrogen-bond acceptors (Lipinski definition) is 7. The summed E-state index contributed by atoms with van der Waals surface area (Å²) in [5.74, 6) is 1.82. The maximum absolute atomic E-state index is 12.0. The fraction of sp³-hybridized carbons (Fsp3) is 0.304. The maximum atomic E-state index is 12.0. The van der Waals surface area contributed by atoms with Crippen LogP contribution >= 0.6 is 0 Å². The standard InChI is InChI=1S/C15H16O4.C8H8O3/c1-8-3-4-10-12(18-7-8)6-13-14(15(10)17)11(16)5-9(2)19-13;1-6(9)11-8-4-2-7(10)3-5-8/h5-6,8,17H,3-4,7H2,1-2H3;2-5,10H,1H3. The number of carbonyl (C=O) groups is 1. The first-order valence-corrected chi connectivity index (χ1v) is 9.64. The van der Waals surface area contributed by atoms with Crippen LogP contribution in [0.3, 0.4) is 0 Å². The summed E-state index contributed by atoms with van der Waals surface area (Å²) in [7, 11) is 0. The van der Waals surface area contributed by atoms with E-state index < -0.39 is 0 Å². The Hall–Kier alpha value is -3.48. The zero-order chi connectivity index (χ0) is 21.8. The Balaban J connectivity index is 0.000000199. The highest BCUT2D eigenvalue weighted by Crippen LogP contribution is 2.38. The molecule has 0 radical (unpaired) electrons. The molecule has 0 saturated carbocycles. The number of aromatic hydroxyl groups is 2. The Labute approximate surface area is 173 Å². The highest BCUT2D eigenvalue weighted by Gasteiger charge is 2.21. The van der Waals surface area contributed by atoms with E-state index in [-0.39, 0.29) is 28.3 Å². The number of ether oxygens (including phenoxy) is 2. The SMILES string of the molecule is CC(=O)Oc1ccc(O)cc1.Cc1cc(=O)c2c(O)c3c(cc2o1)OCC(C)CC3. The quantitative estimate of drug-likeness (QED) is 0.458. The molecule has 0 fully saturated rings. The molecule has 0 saturated heterocycles. The van der Waals surface area contributed by atoms with Gasteiger partial charge >= 0.3 is 5.97 Å². The first-order chi connectivity index (χ1) is 14.2. The molecule has 3 aromatic rings. The molecule has 158 valence electrons. The lowest BCUT2D eigenvalue weighted by atomic mass is 10.00. The summed E-state index contributed by atoms with van der Waals surface area (Å²) in [6.45, 7) is 5.77. The predicted octanol–water partition coefficient (Wildman–Crippen LogP) is 4.09. The van der Waals surface area contributed by atoms with Gasteiger partial charge in [-0.25, -0.2) is 0 Å². The Bertz CT molecular complexity index is 1110. The normalized spacial score (nSPS) is 15.2. The van der Waals surface area contributed by atoms with Crippen molar-refractivity contribution in [3.05, 3.63) is 57.9 Å². The topological polar surface area (TPSA) is 106 Å². The van der Waals surface area contributed by atoms with Crippen molar-refractivity contribution in [1.82, 2.24) is 0 Å². The second-order valence-corrected chi connectivity index (χ2v) is 7.34. The zero-order valence-electron chi connectivity index (χ0n) is 17.1. The Morgan fingerprint density at radius 1 is 1.17 bits per heavy atom. The predicted molar refractivity (Wildman–Crippen MR) is 111 cm³/mol. The molecule has 0 spiro atoms. The second kappa shape index (κ2) is 8.90. The average Bonchev–Trinajstić information content (AvgIpc) is 2.85. The van der Waals surface area contributed by atoms with Crippen LogP contribution in [-0.4, -0.2) is 22.8 Å². The van der Waals surface area contributed by atoms with Crippen LogP contribution in [0.4, 0.5) is 0 Å². The summed E-state index contributed by atoms with van der Waals surface area (Å²) in [5.41, 5.74) is 0.889. The van der Waals surface area contributed by atoms with Crippen LogP contribution in [0.1, 0.15) is 31.6 Å². The van der Waals surface area contributed by atoms with Crippen LogP contribution in [0.25, 0.3) is 11.0 Å². The van der Waals surface area contributed by atoms with Crippen molar-refractivity contribution in [2.45, 2.75) is 33.6 Å². The third-order valence-electron chi connectivity index (χ3n) is 4.69. The Kier molecular flexibility index (Phi) is 6.30. The lowest BCUT2D eigenvalue weighted by molar-refractivity contribution is -0.131. The molecule has 1 aliphatic rings. The van der Waals surface area contributed by atoms with E-state index in [1.54, 1.807) is 13.0 Å². The number of phenolic OH excluding ortho intramolecular Hbond substituents is 2. The average molecular weight is 412 g/mol. The van der Waals surface area contributed by atoms with Gasteiger partial charge in [0.05, 0.1) is 6.61 Å². The molecule has 2 heterocycles. The van der Waals surface area contributed by atoms with E-state index in [2.05, 4.69) is 6.92 Å². The minimum atomic E-state index is -0.365. The van der Waals surface area contributed by atoms with Gasteiger partial charge in [0.2, 0.25) is 0 Å². The second-order valence-electron chi connectivity index (χ2n) is 7.34. The van der Waals surface area contributed by atoms with Crippen LogP contribution < -0.4 is 14.9 Å². The van der Waals surface area contributed by atoms with Gasteiger partial charge < -0.3 is 24.1 Å². The number of carbonyl (C=O) groups excluding carboxylic acids is 1. The van der Waals surface area contributed by atoms with Gasteiger partial charge in [0.25, 0.3) is 0 Å². The number of fused-ring (bicyclic) bond motifs is 2. The Morgan fingerprint density at radius 2 is 1.87 bits per heavy atom. The lowest BCUT2D eigenvalue weighted by Crippen LogP contribution is -2.05. The molecule has 4 rings (SSSR count). The summed E-state index contributed by atoms with van der Waals surface area (Å²) >= 11 is 0. The first-order valence-electron chi connectivity index (χ1n) is 9.64. The van der Waals surface area contributed by atoms with Crippen molar-refractivity contribution < 1.29 is 28.9 Å². The number of rotatable bonds is 1. The van der Waals surface area contributed by atoms with Crippen molar-refractivity contribution in [3.8, 4) is 23.0 Å². The van der Waals surface area contributed by atoms with Gasteiger partial charge in [-0.15, -0.1) is 0 Å². The summed E-state index contributed by atoms with van der Waals surface area (Å²) in [5, 5.41) is 19.4. The summed E-state index contributed by atoms with van der Waals surface area (Å²) in [6.07, 6.45) is 1.65. The highest BCUT2D eigenvalue weighted by molar-refractivity contribution is 5.86. The molecule has 1 aromatic heterocycles. The summed E-state index contributed by atoms with van der Waals surface area (Å²) < 4.78 is 15.9. The zero-order valence-corrected chi connectivity index (χ0v) is 17.1. The maximum Gasteiger partial charge on any atom is 0.308 e. The van der Waals surface area contributed by atoms with Crippen molar-refractivity contribution >= 4 is 16.9 Å². The molecule has 1 unspecified atom stereocenters. The highest BCUT2D eigenvalue weighted by atomic mass is 16.5. The van der Waals surface area contributed by atoms with Crippen molar-refractivity contribution in [3.63, 3.8) is 0 Å². The third-order valence-corrected chi connectivity index (χ3v) is 4.69. The van der Waals surface area contributed by atoms with Crippen LogP contribution in [0.15, 0.2) is 45.6 Å². The molecule has 2 aromatic carbocycles. The molecule has 1 atom stereocenters. The molecule has 1 aliphatic heterocycles. The van der Waals surface area contributed by atoms with Gasteiger partial charge in [-0.2, -0.15) is 0 Å². The van der Waals surface area contributed by atoms with Gasteiger partial charge in [-0.3, -0.25) is 9.59 Å². The van der Waals surface area contributed by atoms with Gasteiger partial charge in [0.1, 0.15) is 39.7 Å². The number of aryl methyl sites for hydroxylation is 1. The molecular formula is C23H24O7. The third kappa shape index (κ3) is 4.92. The van der Waals surface area contributed by atoms with Gasteiger partial charge in [0.15, 0.2) is 5.43 Å². The lowest BCUT2D eigenvalue weighted by Gasteiger charge is -2.11. The summed E-state index contributed by atoms with van der Waals surface area (Å²) in [4.78, 5) is 22.4. The molecule has 7 heteroatoms. The van der Waals surface area contributed by atoms with Crippen molar-refractivity contribution in [2.75, 3.05) is 6.61 Å². The Morgan fingerprint density at radius 3 is 2.53 bits per heavy atom. The van der Waals surface area contributed by atoms with Crippen LogP contribution in [0.2, 0.25) is 0 Å². The van der Waals surface area contributed by atoms with Gasteiger partial charge in [0, 0.05) is 24.6 Å². The van der Waals surface area contributed by atoms with E-state index in [1.807, 2.05) is 0 Å². The minimum absolute atomic E-state index is 0.00958. The van der Waals surface area contributed by atoms with E-state index in [4.69, 9.17) is 19.0 Å². The van der Waals surface area contributed by atoms with Crippen molar-refractivity contribution in [2.24, 2.45) is 5.92 Å². The van der Waals surface area contributed by atoms with Crippen molar-refractivity contribution in [1.29, 1.82) is 0 Å². The monoisotopic (exact) mass is 412 g/mol. The van der Waals surface area contributed by atoms with E-state index in [0.717, 1.165) is 6.42 Å². The van der Waals surface area contributed by atoms with E-state index >= 15 is 0 Å². The van der Waals surface area contributed by atoms with E-state index in [1.165, 1.54) is 37.3 Å². The molecule has 7 nitrogen and oxygen atoms in total. The molecule has 0 aliphatic carbocycles. The minimum Gasteiger partial charge on any atom is -0.508 e. The number of benzene rings is 2. The van der Waals surface area contributed by atoms with Crippen LogP contribution in [0, 0.1) is 12.8 Å². The molecular weight excluding hydrogens is 388 g/mol. The molecule has 0 bridgehead atoms. The van der Waals surface area contributed by atoms with E-state index in [9.17, 15) is 14.7 Å². The first kappa shape index (κ1) is 21.2. The van der Waals surface area contributed by atoms with Crippen LogP contribution in [0.5, 0.6) is 23.0 Å². The number of phenols is 2. The smallest absolute Gasteiger partial charge is 0.308 e. The molecule has 2 N–H and O–H groups in total. The fourth-order valence-electron chi connectivity index (χ4n) is 3.20. The summed E-state index contributed by atoms with van der Waals surface area (Å²) in [6, 6.07) is 9.08. The van der Waals surface area contributed by atoms with E-state index in [0.29, 0.717) is 47.4 Å². The molecule has 0 amide bonds. The van der Waals surface area contributed by atoms with Crippen LogP contribution in [-0.2, 0) is 11.2 Å². The van der Waals surface area contributed by atoms with Gasteiger partial charge in [-0.1, -0.05) is 6.92 Å².